The van der Waals surface area contributed by atoms with Crippen LogP contribution < -0.4 is 5.32 Å². The van der Waals surface area contributed by atoms with E-state index < -0.39 is 32.4 Å². The molecule has 0 aliphatic rings. The molecule has 1 unspecified atom stereocenters. The van der Waals surface area contributed by atoms with E-state index in [0.717, 1.165) is 0 Å². The van der Waals surface area contributed by atoms with Crippen LogP contribution in [0.4, 0.5) is 14.5 Å². The Labute approximate surface area is 118 Å². The topological polar surface area (TPSA) is 52.5 Å². The molecule has 0 spiro atoms. The van der Waals surface area contributed by atoms with Gasteiger partial charge in [0.1, 0.15) is 8.07 Å². The Kier molecular flexibility index (Phi) is 5.69. The summed E-state index contributed by atoms with van der Waals surface area (Å²) in [5.41, 5.74) is 2.94. The van der Waals surface area contributed by atoms with E-state index in [-0.39, 0.29) is 17.8 Å². The van der Waals surface area contributed by atoms with Gasteiger partial charge in [-0.25, -0.2) is 8.78 Å². The molecular formula is C14H19F2NO2Si. The van der Waals surface area contributed by atoms with E-state index in [0.29, 0.717) is 0 Å². The largest absolute Gasteiger partial charge is 0.394 e. The molecule has 0 aliphatic carbocycles. The fourth-order valence-electron chi connectivity index (χ4n) is 1.33. The fourth-order valence-corrected chi connectivity index (χ4v) is 1.84. The summed E-state index contributed by atoms with van der Waals surface area (Å²) in [6.45, 7) is 5.53. The molecule has 0 aromatic heterocycles. The van der Waals surface area contributed by atoms with Gasteiger partial charge in [0.25, 0.3) is 0 Å². The van der Waals surface area contributed by atoms with E-state index in [4.69, 9.17) is 10.2 Å². The van der Waals surface area contributed by atoms with Crippen molar-refractivity contribution in [2.45, 2.75) is 25.7 Å². The molecule has 0 aliphatic heterocycles. The molecular weight excluding hydrogens is 280 g/mol. The van der Waals surface area contributed by atoms with E-state index in [1.807, 2.05) is 19.6 Å². The Bertz CT molecular complexity index is 532. The van der Waals surface area contributed by atoms with Crippen molar-refractivity contribution in [3.63, 3.8) is 0 Å². The van der Waals surface area contributed by atoms with Gasteiger partial charge in [0.05, 0.1) is 24.0 Å². The van der Waals surface area contributed by atoms with Gasteiger partial charge >= 0.3 is 0 Å². The predicted octanol–water partition coefficient (Wildman–Crippen LogP) is 1.96. The molecule has 0 heterocycles. The van der Waals surface area contributed by atoms with Gasteiger partial charge < -0.3 is 15.5 Å². The Morgan fingerprint density at radius 1 is 1.25 bits per heavy atom. The quantitative estimate of drug-likeness (QED) is 0.588. The van der Waals surface area contributed by atoms with Crippen molar-refractivity contribution in [2.24, 2.45) is 0 Å². The number of nitrogens with one attached hydrogen (secondary N) is 1. The van der Waals surface area contributed by atoms with Crippen LogP contribution in [0.5, 0.6) is 0 Å². The lowest BCUT2D eigenvalue weighted by Gasteiger charge is -2.11. The van der Waals surface area contributed by atoms with Gasteiger partial charge in [-0.2, -0.15) is 0 Å². The lowest BCUT2D eigenvalue weighted by molar-refractivity contribution is 0.105. The van der Waals surface area contributed by atoms with Gasteiger partial charge in [0.2, 0.25) is 0 Å². The van der Waals surface area contributed by atoms with Crippen LogP contribution in [0, 0.1) is 23.1 Å². The van der Waals surface area contributed by atoms with Crippen molar-refractivity contribution in [1.82, 2.24) is 0 Å². The second-order valence-electron chi connectivity index (χ2n) is 5.51. The Morgan fingerprint density at radius 3 is 2.45 bits per heavy atom. The maximum absolute atomic E-state index is 13.8. The highest BCUT2D eigenvalue weighted by atomic mass is 28.3. The minimum atomic E-state index is -1.66. The van der Waals surface area contributed by atoms with Crippen LogP contribution in [0.15, 0.2) is 12.1 Å². The first kappa shape index (κ1) is 16.6. The average Bonchev–Trinajstić information content (AvgIpc) is 2.37. The smallest absolute Gasteiger partial charge is 0.183 e. The zero-order valence-electron chi connectivity index (χ0n) is 11.8. The third kappa shape index (κ3) is 4.93. The van der Waals surface area contributed by atoms with Gasteiger partial charge in [-0.05, 0) is 12.1 Å². The standard InChI is InChI=1S/C14H19F2NO2Si/c1-20(2,3)7-6-10-4-5-12(14(16)13(10)15)17-8-11(19)9-18/h4-5,11,17-19H,8-9H2,1-3H3. The van der Waals surface area contributed by atoms with Gasteiger partial charge in [-0.3, -0.25) is 0 Å². The van der Waals surface area contributed by atoms with Crippen LogP contribution in [-0.2, 0) is 0 Å². The van der Waals surface area contributed by atoms with Crippen molar-refractivity contribution in [3.8, 4) is 11.5 Å². The second kappa shape index (κ2) is 6.84. The molecule has 0 bridgehead atoms. The number of halogens is 2. The van der Waals surface area contributed by atoms with Crippen molar-refractivity contribution in [1.29, 1.82) is 0 Å². The lowest BCUT2D eigenvalue weighted by Crippen LogP contribution is -2.23. The summed E-state index contributed by atoms with van der Waals surface area (Å²) in [6, 6.07) is 2.77. The Morgan fingerprint density at radius 2 is 1.90 bits per heavy atom. The fraction of sp³-hybridized carbons (Fsp3) is 0.429. The van der Waals surface area contributed by atoms with Crippen LogP contribution >= 0.6 is 0 Å². The number of hydrogen-bond donors (Lipinski definition) is 3. The van der Waals surface area contributed by atoms with E-state index >= 15 is 0 Å². The molecule has 110 valence electrons. The van der Waals surface area contributed by atoms with Crippen molar-refractivity contribution in [2.75, 3.05) is 18.5 Å². The van der Waals surface area contributed by atoms with E-state index in [1.54, 1.807) is 0 Å². The third-order valence-corrected chi connectivity index (χ3v) is 3.27. The summed E-state index contributed by atoms with van der Waals surface area (Å²) in [5.74, 6) is 0.646. The predicted molar refractivity (Wildman–Crippen MR) is 78.2 cm³/mol. The summed E-state index contributed by atoms with van der Waals surface area (Å²) in [6.07, 6.45) is -1.02. The number of aliphatic hydroxyl groups is 2. The molecule has 1 aromatic carbocycles. The molecule has 0 saturated heterocycles. The van der Waals surface area contributed by atoms with Gasteiger partial charge in [-0.1, -0.05) is 25.6 Å². The molecule has 0 saturated carbocycles. The zero-order chi connectivity index (χ0) is 15.3. The lowest BCUT2D eigenvalue weighted by atomic mass is 10.2. The molecule has 3 N–H and O–H groups in total. The maximum atomic E-state index is 13.8. The summed E-state index contributed by atoms with van der Waals surface area (Å²) < 4.78 is 27.6. The van der Waals surface area contributed by atoms with Crippen molar-refractivity contribution < 1.29 is 19.0 Å². The summed E-state index contributed by atoms with van der Waals surface area (Å²) in [5, 5.41) is 20.4. The van der Waals surface area contributed by atoms with Crippen LogP contribution in [0.2, 0.25) is 19.6 Å². The van der Waals surface area contributed by atoms with Gasteiger partial charge in [0, 0.05) is 6.54 Å². The van der Waals surface area contributed by atoms with E-state index in [1.165, 1.54) is 12.1 Å². The number of aliphatic hydroxyl groups excluding tert-OH is 2. The highest BCUT2D eigenvalue weighted by molar-refractivity contribution is 6.83. The molecule has 6 heteroatoms. The third-order valence-electron chi connectivity index (χ3n) is 2.39. The van der Waals surface area contributed by atoms with Gasteiger partial charge in [0.15, 0.2) is 11.6 Å². The Hall–Kier alpha value is -1.42. The van der Waals surface area contributed by atoms with Gasteiger partial charge in [-0.15, -0.1) is 5.54 Å². The van der Waals surface area contributed by atoms with Crippen molar-refractivity contribution >= 4 is 13.8 Å². The molecule has 0 fully saturated rings. The van der Waals surface area contributed by atoms with Crippen LogP contribution in [0.25, 0.3) is 0 Å². The summed E-state index contributed by atoms with van der Waals surface area (Å²) >= 11 is 0. The number of benzene rings is 1. The average molecular weight is 299 g/mol. The van der Waals surface area contributed by atoms with Crippen LogP contribution in [0.3, 0.4) is 0 Å². The maximum Gasteiger partial charge on any atom is 0.183 e. The first-order valence-electron chi connectivity index (χ1n) is 6.28. The highest BCUT2D eigenvalue weighted by Gasteiger charge is 2.14. The SMILES string of the molecule is C[Si](C)(C)C#Cc1ccc(NCC(O)CO)c(F)c1F. The first-order chi connectivity index (χ1) is 9.24. The Balaban J connectivity index is 2.94. The minimum Gasteiger partial charge on any atom is -0.394 e. The second-order valence-corrected chi connectivity index (χ2v) is 10.3. The number of hydrogen-bond acceptors (Lipinski definition) is 3. The zero-order valence-corrected chi connectivity index (χ0v) is 12.8. The monoisotopic (exact) mass is 299 g/mol. The van der Waals surface area contributed by atoms with Crippen molar-refractivity contribution in [3.05, 3.63) is 29.3 Å². The highest BCUT2D eigenvalue weighted by Crippen LogP contribution is 2.20. The minimum absolute atomic E-state index is 0.0261. The molecule has 20 heavy (non-hydrogen) atoms. The van der Waals surface area contributed by atoms with E-state index in [9.17, 15) is 8.78 Å². The molecule has 1 rings (SSSR count). The first-order valence-corrected chi connectivity index (χ1v) is 9.78. The molecule has 1 aromatic rings. The molecule has 0 amide bonds. The summed E-state index contributed by atoms with van der Waals surface area (Å²) in [7, 11) is -1.66. The molecule has 3 nitrogen and oxygen atoms in total. The van der Waals surface area contributed by atoms with E-state index in [2.05, 4.69) is 16.8 Å². The normalized spacial score (nSPS) is 12.6. The number of rotatable bonds is 4. The molecule has 1 atom stereocenters. The number of anilines is 1. The molecule has 0 radical (unpaired) electrons. The van der Waals surface area contributed by atoms with Crippen LogP contribution in [-0.4, -0.2) is 37.5 Å². The van der Waals surface area contributed by atoms with Crippen LogP contribution in [0.1, 0.15) is 5.56 Å². The summed E-state index contributed by atoms with van der Waals surface area (Å²) in [4.78, 5) is 0.